The molecular formula is C17H22N4O4S. The summed E-state index contributed by atoms with van der Waals surface area (Å²) in [4.78, 5) is 14.8. The summed E-state index contributed by atoms with van der Waals surface area (Å²) in [6, 6.07) is 5.49. The lowest BCUT2D eigenvalue weighted by atomic mass is 10.1. The number of sulfone groups is 1. The summed E-state index contributed by atoms with van der Waals surface area (Å²) in [6.45, 7) is 6.14. The van der Waals surface area contributed by atoms with E-state index in [0.717, 1.165) is 11.1 Å². The first kappa shape index (κ1) is 18.4. The van der Waals surface area contributed by atoms with Crippen LogP contribution in [0.15, 0.2) is 18.2 Å². The lowest BCUT2D eigenvalue weighted by molar-refractivity contribution is 0.0690. The number of carboxylic acid groups (broad SMARTS) is 1. The second-order valence-corrected chi connectivity index (χ2v) is 8.83. The van der Waals surface area contributed by atoms with Crippen LogP contribution in [-0.2, 0) is 9.84 Å². The van der Waals surface area contributed by atoms with Crippen molar-refractivity contribution < 1.29 is 18.3 Å². The maximum Gasteiger partial charge on any atom is 0.360 e. The van der Waals surface area contributed by atoms with Gasteiger partial charge in [0.2, 0.25) is 5.69 Å². The minimum atomic E-state index is -3.09. The van der Waals surface area contributed by atoms with Crippen LogP contribution in [0.5, 0.6) is 0 Å². The number of carboxylic acids is 1. The average Bonchev–Trinajstić information content (AvgIpc) is 3.15. The summed E-state index contributed by atoms with van der Waals surface area (Å²) in [5, 5.41) is 18.2. The minimum absolute atomic E-state index is 0.0102. The van der Waals surface area contributed by atoms with Gasteiger partial charge < -0.3 is 10.0 Å². The summed E-state index contributed by atoms with van der Waals surface area (Å²) >= 11 is 0. The molecule has 3 rings (SSSR count). The van der Waals surface area contributed by atoms with Crippen molar-refractivity contribution in [1.82, 2.24) is 15.0 Å². The second-order valence-electron chi connectivity index (χ2n) is 6.60. The van der Waals surface area contributed by atoms with E-state index in [1.807, 2.05) is 39.0 Å². The Morgan fingerprint density at radius 3 is 2.65 bits per heavy atom. The zero-order chi connectivity index (χ0) is 19.1. The number of aromatic nitrogens is 3. The molecule has 8 nitrogen and oxygen atoms in total. The van der Waals surface area contributed by atoms with E-state index in [4.69, 9.17) is 0 Å². The molecule has 0 spiro atoms. The molecule has 0 radical (unpaired) electrons. The molecule has 2 heterocycles. The molecule has 26 heavy (non-hydrogen) atoms. The van der Waals surface area contributed by atoms with Gasteiger partial charge in [-0.25, -0.2) is 13.2 Å². The number of benzene rings is 1. The van der Waals surface area contributed by atoms with Gasteiger partial charge in [0, 0.05) is 12.6 Å². The summed E-state index contributed by atoms with van der Waals surface area (Å²) in [5.74, 6) is -0.850. The molecule has 1 aromatic carbocycles. The van der Waals surface area contributed by atoms with Gasteiger partial charge in [0.25, 0.3) is 0 Å². The van der Waals surface area contributed by atoms with Gasteiger partial charge in [-0.1, -0.05) is 12.1 Å². The van der Waals surface area contributed by atoms with E-state index in [0.29, 0.717) is 18.7 Å². The third kappa shape index (κ3) is 3.44. The van der Waals surface area contributed by atoms with Crippen molar-refractivity contribution in [3.8, 4) is 5.69 Å². The lowest BCUT2D eigenvalue weighted by Crippen LogP contribution is -2.37. The number of aromatic carboxylic acids is 1. The molecule has 140 valence electrons. The molecular weight excluding hydrogens is 356 g/mol. The molecule has 1 atom stereocenters. The van der Waals surface area contributed by atoms with Crippen molar-refractivity contribution in [3.05, 3.63) is 35.0 Å². The van der Waals surface area contributed by atoms with Crippen LogP contribution >= 0.6 is 0 Å². The smallest absolute Gasteiger partial charge is 0.360 e. The van der Waals surface area contributed by atoms with E-state index in [1.54, 1.807) is 4.90 Å². The fraction of sp³-hybridized carbons (Fsp3) is 0.471. The molecule has 0 saturated carbocycles. The Bertz CT molecular complexity index is 952. The van der Waals surface area contributed by atoms with E-state index >= 15 is 0 Å². The summed E-state index contributed by atoms with van der Waals surface area (Å²) in [6.07, 6.45) is 0.464. The molecule has 1 aliphatic rings. The van der Waals surface area contributed by atoms with Crippen molar-refractivity contribution in [1.29, 1.82) is 0 Å². The third-order valence-electron chi connectivity index (χ3n) is 4.64. The molecule has 1 unspecified atom stereocenters. The van der Waals surface area contributed by atoms with E-state index in [2.05, 4.69) is 10.2 Å². The van der Waals surface area contributed by atoms with Crippen molar-refractivity contribution in [3.63, 3.8) is 0 Å². The SMILES string of the molecule is CCN(c1nn(-c2cc(C)ccc2C)nc1C(=O)O)C1CCS(=O)(=O)C1. The first-order chi connectivity index (χ1) is 12.2. The quantitative estimate of drug-likeness (QED) is 0.842. The number of nitrogens with zero attached hydrogens (tertiary/aromatic N) is 4. The van der Waals surface area contributed by atoms with Crippen molar-refractivity contribution in [2.75, 3.05) is 23.0 Å². The third-order valence-corrected chi connectivity index (χ3v) is 6.39. The molecule has 9 heteroatoms. The Kier molecular flexibility index (Phi) is 4.74. The Labute approximate surface area is 152 Å². The molecule has 0 bridgehead atoms. The summed E-state index contributed by atoms with van der Waals surface area (Å²) in [5.41, 5.74) is 2.46. The first-order valence-corrected chi connectivity index (χ1v) is 10.3. The first-order valence-electron chi connectivity index (χ1n) is 8.47. The standard InChI is InChI=1S/C17H22N4O4S/c1-4-20(13-7-8-26(24,25)10-13)16-15(17(22)23)18-21(19-16)14-9-11(2)5-6-12(14)3/h5-6,9,13H,4,7-8,10H2,1-3H3,(H,22,23). The Hall–Kier alpha value is -2.42. The highest BCUT2D eigenvalue weighted by atomic mass is 32.2. The average molecular weight is 378 g/mol. The van der Waals surface area contributed by atoms with Gasteiger partial charge >= 0.3 is 5.97 Å². The molecule has 0 amide bonds. The van der Waals surface area contributed by atoms with Gasteiger partial charge in [-0.05, 0) is 44.4 Å². The number of rotatable bonds is 5. The van der Waals surface area contributed by atoms with Crippen molar-refractivity contribution >= 4 is 21.6 Å². The van der Waals surface area contributed by atoms with Gasteiger partial charge in [-0.3, -0.25) is 0 Å². The molecule has 2 aromatic rings. The zero-order valence-electron chi connectivity index (χ0n) is 15.0. The Morgan fingerprint density at radius 1 is 1.35 bits per heavy atom. The Morgan fingerprint density at radius 2 is 2.08 bits per heavy atom. The van der Waals surface area contributed by atoms with Crippen LogP contribution in [0.3, 0.4) is 0 Å². The van der Waals surface area contributed by atoms with Gasteiger partial charge in [0.15, 0.2) is 15.7 Å². The van der Waals surface area contributed by atoms with Gasteiger partial charge in [0.1, 0.15) is 0 Å². The van der Waals surface area contributed by atoms with Crippen LogP contribution in [0.4, 0.5) is 5.82 Å². The second kappa shape index (κ2) is 6.71. The van der Waals surface area contributed by atoms with E-state index in [-0.39, 0.29) is 29.1 Å². The topological polar surface area (TPSA) is 105 Å². The number of hydrogen-bond donors (Lipinski definition) is 1. The van der Waals surface area contributed by atoms with Crippen LogP contribution in [0.1, 0.15) is 35.0 Å². The van der Waals surface area contributed by atoms with Gasteiger partial charge in [-0.15, -0.1) is 15.0 Å². The van der Waals surface area contributed by atoms with Gasteiger partial charge in [-0.2, -0.15) is 0 Å². The van der Waals surface area contributed by atoms with E-state index in [1.165, 1.54) is 4.80 Å². The highest BCUT2D eigenvalue weighted by molar-refractivity contribution is 7.91. The largest absolute Gasteiger partial charge is 0.476 e. The summed E-state index contributed by atoms with van der Waals surface area (Å²) in [7, 11) is -3.09. The minimum Gasteiger partial charge on any atom is -0.476 e. The normalized spacial score (nSPS) is 18.8. The maximum absolute atomic E-state index is 11.8. The lowest BCUT2D eigenvalue weighted by Gasteiger charge is -2.26. The van der Waals surface area contributed by atoms with Crippen molar-refractivity contribution in [2.24, 2.45) is 0 Å². The van der Waals surface area contributed by atoms with Crippen LogP contribution in [-0.4, -0.2) is 58.6 Å². The number of aryl methyl sites for hydroxylation is 2. The number of anilines is 1. The van der Waals surface area contributed by atoms with Crippen LogP contribution in [0.25, 0.3) is 5.69 Å². The predicted octanol–water partition coefficient (Wildman–Crippen LogP) is 1.60. The summed E-state index contributed by atoms with van der Waals surface area (Å²) < 4.78 is 23.7. The molecule has 1 aromatic heterocycles. The Balaban J connectivity index is 2.07. The van der Waals surface area contributed by atoms with E-state index in [9.17, 15) is 18.3 Å². The van der Waals surface area contributed by atoms with Crippen LogP contribution < -0.4 is 4.90 Å². The molecule has 0 aliphatic carbocycles. The highest BCUT2D eigenvalue weighted by Crippen LogP contribution is 2.26. The fourth-order valence-electron chi connectivity index (χ4n) is 3.28. The highest BCUT2D eigenvalue weighted by Gasteiger charge is 2.35. The van der Waals surface area contributed by atoms with Crippen LogP contribution in [0, 0.1) is 13.8 Å². The molecule has 1 N–H and O–H groups in total. The monoisotopic (exact) mass is 378 g/mol. The predicted molar refractivity (Wildman–Crippen MR) is 97.9 cm³/mol. The number of carbonyl (C=O) groups is 1. The van der Waals surface area contributed by atoms with E-state index < -0.39 is 15.8 Å². The maximum atomic E-state index is 11.8. The fourth-order valence-corrected chi connectivity index (χ4v) is 5.01. The van der Waals surface area contributed by atoms with Crippen molar-refractivity contribution in [2.45, 2.75) is 33.2 Å². The van der Waals surface area contributed by atoms with Gasteiger partial charge in [0.05, 0.1) is 17.2 Å². The van der Waals surface area contributed by atoms with Crippen LogP contribution in [0.2, 0.25) is 0 Å². The molecule has 1 saturated heterocycles. The molecule has 1 aliphatic heterocycles. The molecule has 1 fully saturated rings. The number of hydrogen-bond acceptors (Lipinski definition) is 6. The zero-order valence-corrected chi connectivity index (χ0v) is 15.8.